The fraction of sp³-hybridized carbons (Fsp3) is 0.100. The highest BCUT2D eigenvalue weighted by atomic mass is 35.5. The van der Waals surface area contributed by atoms with E-state index in [2.05, 4.69) is 10.1 Å². The molecule has 8 heteroatoms. The molecule has 2 aromatic carbocycles. The molecule has 0 radical (unpaired) electrons. The summed E-state index contributed by atoms with van der Waals surface area (Å²) in [5.74, 6) is -1.20. The Morgan fingerprint density at radius 2 is 1.93 bits per heavy atom. The van der Waals surface area contributed by atoms with Crippen molar-refractivity contribution < 1.29 is 9.90 Å². The molecule has 2 heterocycles. The molecule has 0 atom stereocenters. The zero-order valence-electron chi connectivity index (χ0n) is 14.7. The first-order chi connectivity index (χ1) is 13.5. The van der Waals surface area contributed by atoms with Gasteiger partial charge in [0.05, 0.1) is 17.4 Å². The summed E-state index contributed by atoms with van der Waals surface area (Å²) < 4.78 is 1.12. The van der Waals surface area contributed by atoms with Crippen LogP contribution in [0.3, 0.4) is 0 Å². The predicted molar refractivity (Wildman–Crippen MR) is 111 cm³/mol. The van der Waals surface area contributed by atoms with Crippen LogP contribution in [-0.2, 0) is 6.54 Å². The second-order valence-electron chi connectivity index (χ2n) is 6.16. The van der Waals surface area contributed by atoms with Gasteiger partial charge < -0.3 is 5.11 Å². The van der Waals surface area contributed by atoms with E-state index in [1.54, 1.807) is 36.0 Å². The summed E-state index contributed by atoms with van der Waals surface area (Å²) in [6.07, 6.45) is 1.98. The largest absolute Gasteiger partial charge is 0.476 e. The highest BCUT2D eigenvalue weighted by molar-refractivity contribution is 7.98. The Morgan fingerprint density at radius 3 is 2.64 bits per heavy atom. The van der Waals surface area contributed by atoms with Crippen LogP contribution in [0.4, 0.5) is 0 Å². The van der Waals surface area contributed by atoms with Crippen LogP contribution in [-0.4, -0.2) is 32.1 Å². The van der Waals surface area contributed by atoms with E-state index < -0.39 is 5.97 Å². The zero-order valence-corrected chi connectivity index (χ0v) is 16.3. The second kappa shape index (κ2) is 7.26. The van der Waals surface area contributed by atoms with Gasteiger partial charge in [0.15, 0.2) is 5.69 Å². The number of thioether (sulfide) groups is 1. The van der Waals surface area contributed by atoms with E-state index in [-0.39, 0.29) is 23.0 Å². The Hall–Kier alpha value is -2.90. The van der Waals surface area contributed by atoms with Gasteiger partial charge in [-0.2, -0.15) is 5.10 Å². The summed E-state index contributed by atoms with van der Waals surface area (Å²) in [5.41, 5.74) is 0.789. The molecule has 0 fully saturated rings. The molecule has 0 bridgehead atoms. The molecule has 0 aliphatic rings. The number of pyridine rings is 1. The first kappa shape index (κ1) is 18.5. The molecular weight excluding hydrogens is 398 g/mol. The Bertz CT molecular complexity index is 1300. The lowest BCUT2D eigenvalue weighted by atomic mass is 10.1. The van der Waals surface area contributed by atoms with E-state index in [1.807, 2.05) is 30.5 Å². The predicted octanol–water partition coefficient (Wildman–Crippen LogP) is 4.07. The van der Waals surface area contributed by atoms with Crippen molar-refractivity contribution in [3.8, 4) is 0 Å². The maximum absolute atomic E-state index is 12.8. The number of hydrogen-bond donors (Lipinski definition) is 1. The molecule has 0 aliphatic heterocycles. The van der Waals surface area contributed by atoms with E-state index in [0.717, 1.165) is 20.5 Å². The van der Waals surface area contributed by atoms with Crippen molar-refractivity contribution in [2.24, 2.45) is 0 Å². The molecule has 4 aromatic rings. The van der Waals surface area contributed by atoms with Gasteiger partial charge in [-0.05, 0) is 30.5 Å². The lowest BCUT2D eigenvalue weighted by molar-refractivity contribution is 0.0690. The molecule has 6 nitrogen and oxygen atoms in total. The highest BCUT2D eigenvalue weighted by Crippen LogP contribution is 2.25. The smallest absolute Gasteiger partial charge is 0.357 e. The number of carboxylic acid groups (broad SMARTS) is 1. The Kier molecular flexibility index (Phi) is 4.78. The normalized spacial score (nSPS) is 11.2. The van der Waals surface area contributed by atoms with Gasteiger partial charge >= 0.3 is 5.97 Å². The molecule has 0 unspecified atom stereocenters. The summed E-state index contributed by atoms with van der Waals surface area (Å²) in [6.45, 7) is 0.0238. The van der Waals surface area contributed by atoms with Crippen LogP contribution in [0.2, 0.25) is 5.15 Å². The maximum atomic E-state index is 12.8. The van der Waals surface area contributed by atoms with Crippen molar-refractivity contribution in [1.29, 1.82) is 0 Å². The van der Waals surface area contributed by atoms with Crippen molar-refractivity contribution in [1.82, 2.24) is 14.8 Å². The van der Waals surface area contributed by atoms with Gasteiger partial charge in [-0.15, -0.1) is 11.8 Å². The molecule has 2 aromatic heterocycles. The van der Waals surface area contributed by atoms with Gasteiger partial charge in [0, 0.05) is 21.2 Å². The van der Waals surface area contributed by atoms with Crippen molar-refractivity contribution in [2.45, 2.75) is 11.4 Å². The van der Waals surface area contributed by atoms with E-state index in [0.29, 0.717) is 16.3 Å². The number of carboxylic acids is 1. The second-order valence-corrected chi connectivity index (χ2v) is 7.40. The minimum atomic E-state index is -1.20. The summed E-state index contributed by atoms with van der Waals surface area (Å²) in [5, 5.41) is 15.3. The van der Waals surface area contributed by atoms with Crippen molar-refractivity contribution >= 4 is 51.0 Å². The van der Waals surface area contributed by atoms with Gasteiger partial charge in [0.1, 0.15) is 5.15 Å². The van der Waals surface area contributed by atoms with E-state index in [9.17, 15) is 14.7 Å². The third kappa shape index (κ3) is 3.23. The lowest BCUT2D eigenvalue weighted by Crippen LogP contribution is -2.26. The average Bonchev–Trinajstić information content (AvgIpc) is 2.70. The minimum Gasteiger partial charge on any atom is -0.476 e. The van der Waals surface area contributed by atoms with Gasteiger partial charge in [0.25, 0.3) is 5.56 Å². The third-order valence-electron chi connectivity index (χ3n) is 4.44. The molecule has 1 N–H and O–H groups in total. The zero-order chi connectivity index (χ0) is 19.8. The van der Waals surface area contributed by atoms with Gasteiger partial charge in [0.2, 0.25) is 0 Å². The lowest BCUT2D eigenvalue weighted by Gasteiger charge is -2.11. The SMILES string of the molecule is CSc1ccc2cc(Cn3nc(C(=O)O)c4ccccc4c3=O)c(Cl)nc2c1. The monoisotopic (exact) mass is 411 g/mol. The molecule has 140 valence electrons. The summed E-state index contributed by atoms with van der Waals surface area (Å²) >= 11 is 7.95. The number of fused-ring (bicyclic) bond motifs is 2. The number of aromatic carboxylic acids is 1. The van der Waals surface area contributed by atoms with E-state index in [1.165, 1.54) is 0 Å². The summed E-state index contributed by atoms with van der Waals surface area (Å²) in [6, 6.07) is 14.2. The quantitative estimate of drug-likeness (QED) is 0.402. The molecule has 0 saturated heterocycles. The average molecular weight is 412 g/mol. The van der Waals surface area contributed by atoms with E-state index >= 15 is 0 Å². The van der Waals surface area contributed by atoms with Crippen molar-refractivity contribution in [3.63, 3.8) is 0 Å². The van der Waals surface area contributed by atoms with Crippen molar-refractivity contribution in [3.05, 3.63) is 75.3 Å². The number of rotatable bonds is 4. The number of nitrogens with zero attached hydrogens (tertiary/aromatic N) is 3. The van der Waals surface area contributed by atoms with Crippen LogP contribution in [0.5, 0.6) is 0 Å². The van der Waals surface area contributed by atoms with Gasteiger partial charge in [-0.1, -0.05) is 35.9 Å². The van der Waals surface area contributed by atoms with Crippen LogP contribution in [0.15, 0.2) is 58.2 Å². The first-order valence-electron chi connectivity index (χ1n) is 8.34. The van der Waals surface area contributed by atoms with Crippen LogP contribution in [0, 0.1) is 0 Å². The first-order valence-corrected chi connectivity index (χ1v) is 9.94. The maximum Gasteiger partial charge on any atom is 0.357 e. The van der Waals surface area contributed by atoms with Crippen LogP contribution < -0.4 is 5.56 Å². The van der Waals surface area contributed by atoms with Gasteiger partial charge in [-0.3, -0.25) is 4.79 Å². The number of aromatic nitrogens is 3. The number of halogens is 1. The van der Waals surface area contributed by atoms with Crippen molar-refractivity contribution in [2.75, 3.05) is 6.26 Å². The molecule has 0 amide bonds. The number of carbonyl (C=O) groups is 1. The molecule has 28 heavy (non-hydrogen) atoms. The van der Waals surface area contributed by atoms with E-state index in [4.69, 9.17) is 11.6 Å². The molecule has 0 saturated carbocycles. The topological polar surface area (TPSA) is 85.1 Å². The van der Waals surface area contributed by atoms with Crippen LogP contribution in [0.25, 0.3) is 21.7 Å². The Labute approximate surface area is 168 Å². The highest BCUT2D eigenvalue weighted by Gasteiger charge is 2.17. The fourth-order valence-electron chi connectivity index (χ4n) is 3.07. The summed E-state index contributed by atoms with van der Waals surface area (Å²) in [7, 11) is 0. The molecule has 0 aliphatic carbocycles. The molecule has 0 spiro atoms. The Morgan fingerprint density at radius 1 is 1.18 bits per heavy atom. The van der Waals surface area contributed by atoms with Crippen LogP contribution >= 0.6 is 23.4 Å². The number of benzene rings is 2. The Balaban J connectivity index is 1.86. The molecule has 4 rings (SSSR count). The number of hydrogen-bond acceptors (Lipinski definition) is 5. The third-order valence-corrected chi connectivity index (χ3v) is 5.49. The molecular formula is C20H14ClN3O3S. The standard InChI is InChI=1S/C20H14ClN3O3S/c1-28-13-7-6-11-8-12(18(21)22-16(11)9-13)10-24-19(25)15-5-3-2-4-14(15)17(23-24)20(26)27/h2-9H,10H2,1H3,(H,26,27). The van der Waals surface area contributed by atoms with Gasteiger partial charge in [-0.25, -0.2) is 14.5 Å². The summed E-state index contributed by atoms with van der Waals surface area (Å²) in [4.78, 5) is 29.9. The fourth-order valence-corrected chi connectivity index (χ4v) is 3.71. The van der Waals surface area contributed by atoms with Crippen LogP contribution in [0.1, 0.15) is 16.1 Å². The minimum absolute atomic E-state index is 0.0238.